The van der Waals surface area contributed by atoms with E-state index in [1.165, 1.54) is 199 Å². The van der Waals surface area contributed by atoms with Crippen molar-refractivity contribution < 1.29 is 80.2 Å². The predicted octanol–water partition coefficient (Wildman–Crippen LogP) is 21.7. The Bertz CT molecular complexity index is 1790. The van der Waals surface area contributed by atoms with Crippen LogP contribution in [-0.2, 0) is 65.4 Å². The Hall–Kier alpha value is -1.94. The van der Waals surface area contributed by atoms with Gasteiger partial charge in [0.25, 0.3) is 0 Å². The zero-order valence-electron chi connectivity index (χ0n) is 60.4. The molecule has 0 aliphatic carbocycles. The molecule has 0 aromatic carbocycles. The van der Waals surface area contributed by atoms with E-state index in [0.717, 1.165) is 103 Å². The fourth-order valence-electron chi connectivity index (χ4n) is 11.4. The normalized spacial score (nSPS) is 14.0. The van der Waals surface area contributed by atoms with Crippen molar-refractivity contribution in [3.63, 3.8) is 0 Å². The molecule has 0 amide bonds. The quantitative estimate of drug-likeness (QED) is 0.0222. The van der Waals surface area contributed by atoms with Crippen molar-refractivity contribution in [2.75, 3.05) is 39.6 Å². The lowest BCUT2D eigenvalue weighted by Gasteiger charge is -2.21. The van der Waals surface area contributed by atoms with Crippen molar-refractivity contribution in [3.8, 4) is 0 Å². The Morgan fingerprint density at radius 2 is 0.495 bits per heavy atom. The van der Waals surface area contributed by atoms with E-state index in [0.29, 0.717) is 31.6 Å². The first kappa shape index (κ1) is 91.1. The molecule has 0 spiro atoms. The summed E-state index contributed by atoms with van der Waals surface area (Å²) in [5, 5.41) is 10.6. The van der Waals surface area contributed by atoms with Gasteiger partial charge in [-0.25, -0.2) is 9.13 Å². The van der Waals surface area contributed by atoms with Gasteiger partial charge in [-0.3, -0.25) is 37.3 Å². The number of carbonyl (C=O) groups is 4. The Morgan fingerprint density at radius 1 is 0.290 bits per heavy atom. The number of phosphoric acid groups is 2. The maximum atomic E-state index is 13.1. The molecule has 19 heteroatoms. The molecule has 0 aliphatic rings. The van der Waals surface area contributed by atoms with Crippen molar-refractivity contribution in [1.29, 1.82) is 0 Å². The monoisotopic (exact) mass is 1370 g/mol. The molecule has 93 heavy (non-hydrogen) atoms. The second-order valence-electron chi connectivity index (χ2n) is 27.2. The number of hydrogen-bond donors (Lipinski definition) is 3. The van der Waals surface area contributed by atoms with Gasteiger partial charge < -0.3 is 33.8 Å². The van der Waals surface area contributed by atoms with Crippen LogP contribution in [0.1, 0.15) is 388 Å². The van der Waals surface area contributed by atoms with Crippen molar-refractivity contribution in [2.24, 2.45) is 5.92 Å². The molecular formula is C74H144O17P2. The molecule has 0 heterocycles. The van der Waals surface area contributed by atoms with Crippen LogP contribution in [0.4, 0.5) is 0 Å². The van der Waals surface area contributed by atoms with Crippen LogP contribution in [0.15, 0.2) is 0 Å². The third-order valence-electron chi connectivity index (χ3n) is 17.3. The first-order valence-corrected chi connectivity index (χ1v) is 41.6. The van der Waals surface area contributed by atoms with Crippen molar-refractivity contribution in [3.05, 3.63) is 0 Å². The summed E-state index contributed by atoms with van der Waals surface area (Å²) in [7, 11) is -9.90. The van der Waals surface area contributed by atoms with Crippen LogP contribution < -0.4 is 0 Å². The molecule has 0 saturated heterocycles. The van der Waals surface area contributed by atoms with Gasteiger partial charge >= 0.3 is 39.5 Å². The summed E-state index contributed by atoms with van der Waals surface area (Å²) in [6.07, 6.45) is 55.9. The average molecular weight is 1370 g/mol. The Balaban J connectivity index is 5.17. The fourth-order valence-corrected chi connectivity index (χ4v) is 12.9. The zero-order chi connectivity index (χ0) is 68.4. The van der Waals surface area contributed by atoms with E-state index in [1.54, 1.807) is 0 Å². The number of rotatable bonds is 74. The number of carbonyl (C=O) groups excluding carboxylic acids is 4. The van der Waals surface area contributed by atoms with E-state index in [4.69, 9.17) is 37.0 Å². The lowest BCUT2D eigenvalue weighted by atomic mass is 10.0. The maximum absolute atomic E-state index is 13.1. The lowest BCUT2D eigenvalue weighted by Crippen LogP contribution is -2.30. The number of phosphoric ester groups is 2. The molecule has 0 fully saturated rings. The van der Waals surface area contributed by atoms with Crippen LogP contribution in [0.5, 0.6) is 0 Å². The first-order chi connectivity index (χ1) is 45.0. The number of aliphatic hydroxyl groups is 1. The van der Waals surface area contributed by atoms with E-state index < -0.39 is 97.5 Å². The average Bonchev–Trinajstić information content (AvgIpc) is 3.69. The highest BCUT2D eigenvalue weighted by atomic mass is 31.2. The molecule has 0 aliphatic heterocycles. The van der Waals surface area contributed by atoms with E-state index in [2.05, 4.69) is 34.6 Å². The molecule has 2 unspecified atom stereocenters. The number of ether oxygens (including phenoxy) is 4. The van der Waals surface area contributed by atoms with Gasteiger partial charge in [0, 0.05) is 25.7 Å². The zero-order valence-corrected chi connectivity index (χ0v) is 62.2. The van der Waals surface area contributed by atoms with Crippen LogP contribution in [0.25, 0.3) is 0 Å². The molecule has 0 aromatic rings. The number of hydrogen-bond acceptors (Lipinski definition) is 15. The molecule has 0 bridgehead atoms. The minimum Gasteiger partial charge on any atom is -0.462 e. The summed E-state index contributed by atoms with van der Waals surface area (Å²) in [6.45, 7) is 7.17. The van der Waals surface area contributed by atoms with Crippen LogP contribution in [0.2, 0.25) is 0 Å². The second-order valence-corrected chi connectivity index (χ2v) is 30.1. The molecule has 0 rings (SSSR count). The van der Waals surface area contributed by atoms with E-state index in [1.807, 2.05) is 0 Å². The third-order valence-corrected chi connectivity index (χ3v) is 19.2. The number of esters is 4. The Kier molecular flexibility index (Phi) is 65.9. The van der Waals surface area contributed by atoms with Crippen molar-refractivity contribution in [2.45, 2.75) is 406 Å². The molecule has 0 aromatic heterocycles. The van der Waals surface area contributed by atoms with Gasteiger partial charge in [0.2, 0.25) is 0 Å². The number of aliphatic hydroxyl groups excluding tert-OH is 1. The summed E-state index contributed by atoms with van der Waals surface area (Å²) in [6, 6.07) is 0. The predicted molar refractivity (Wildman–Crippen MR) is 377 cm³/mol. The van der Waals surface area contributed by atoms with Gasteiger partial charge in [-0.2, -0.15) is 0 Å². The van der Waals surface area contributed by atoms with Crippen LogP contribution in [0, 0.1) is 5.92 Å². The van der Waals surface area contributed by atoms with Crippen molar-refractivity contribution >= 4 is 39.5 Å². The van der Waals surface area contributed by atoms with Gasteiger partial charge in [-0.05, 0) is 31.6 Å². The van der Waals surface area contributed by atoms with Crippen LogP contribution in [0.3, 0.4) is 0 Å². The Labute approximate surface area is 568 Å². The number of unbranched alkanes of at least 4 members (excludes halogenated alkanes) is 46. The molecule has 0 radical (unpaired) electrons. The fraction of sp³-hybridized carbons (Fsp3) is 0.946. The lowest BCUT2D eigenvalue weighted by molar-refractivity contribution is -0.161. The highest BCUT2D eigenvalue weighted by molar-refractivity contribution is 7.47. The van der Waals surface area contributed by atoms with E-state index >= 15 is 0 Å². The summed E-state index contributed by atoms with van der Waals surface area (Å²) < 4.78 is 68.3. The van der Waals surface area contributed by atoms with Gasteiger partial charge in [0.15, 0.2) is 12.2 Å². The van der Waals surface area contributed by atoms with E-state index in [-0.39, 0.29) is 25.7 Å². The highest BCUT2D eigenvalue weighted by Gasteiger charge is 2.30. The third kappa shape index (κ3) is 68.4. The van der Waals surface area contributed by atoms with Crippen LogP contribution >= 0.6 is 15.6 Å². The second kappa shape index (κ2) is 67.3. The largest absolute Gasteiger partial charge is 0.472 e. The van der Waals surface area contributed by atoms with Crippen molar-refractivity contribution in [1.82, 2.24) is 0 Å². The maximum Gasteiger partial charge on any atom is 0.472 e. The SMILES string of the molecule is CCCCCCCCCCCCCCCCCCCCC(=O)OC[C@H](COP(=O)(O)OC[C@@H](O)COP(=O)(O)OC[C@@H](COC(=O)CCCCCCCCC)OC(=O)CCCCCCCCCC(C)C)OC(=O)CCCCCCCCCCCCCCCCCCCC. The molecule has 5 atom stereocenters. The molecule has 3 N–H and O–H groups in total. The van der Waals surface area contributed by atoms with Gasteiger partial charge in [0.1, 0.15) is 19.3 Å². The smallest absolute Gasteiger partial charge is 0.462 e. The van der Waals surface area contributed by atoms with Gasteiger partial charge in [0.05, 0.1) is 26.4 Å². The first-order valence-electron chi connectivity index (χ1n) is 38.6. The summed E-state index contributed by atoms with van der Waals surface area (Å²) in [4.78, 5) is 72.5. The minimum atomic E-state index is -4.95. The molecule has 552 valence electrons. The summed E-state index contributed by atoms with van der Waals surface area (Å²) in [5.41, 5.74) is 0. The van der Waals surface area contributed by atoms with Gasteiger partial charge in [-0.15, -0.1) is 0 Å². The Morgan fingerprint density at radius 3 is 0.731 bits per heavy atom. The topological polar surface area (TPSA) is 237 Å². The standard InChI is InChI=1S/C74H144O17P2/c1-6-9-12-15-18-20-22-24-26-28-30-32-34-36-38-43-48-53-58-72(77)85-64-70(90-73(78)59-54-49-44-39-37-35-33-31-29-27-25-23-21-19-16-13-10-7-2)66-89-93(82,83)87-62-68(75)61-86-92(80,81)88-65-69(63-84-71(76)57-52-47-41-17-14-11-8-3)91-74(79)60-55-50-45-40-42-46-51-56-67(4)5/h67-70,75H,6-66H2,1-5H3,(H,80,81)(H,82,83)/t68-,69+,70+/m0/s1. The minimum absolute atomic E-state index is 0.103. The molecule has 17 nitrogen and oxygen atoms in total. The molecular weight excluding hydrogens is 1220 g/mol. The summed E-state index contributed by atoms with van der Waals surface area (Å²) >= 11 is 0. The van der Waals surface area contributed by atoms with Crippen LogP contribution in [-0.4, -0.2) is 96.7 Å². The van der Waals surface area contributed by atoms with Gasteiger partial charge in [-0.1, -0.05) is 336 Å². The summed E-state index contributed by atoms with van der Waals surface area (Å²) in [5.74, 6) is -1.43. The highest BCUT2D eigenvalue weighted by Crippen LogP contribution is 2.45. The molecule has 0 saturated carbocycles. The van der Waals surface area contributed by atoms with E-state index in [9.17, 15) is 43.2 Å².